The molecule has 0 saturated carbocycles. The number of rotatable bonds is 7. The van der Waals surface area contributed by atoms with Crippen molar-refractivity contribution in [3.8, 4) is 5.75 Å². The van der Waals surface area contributed by atoms with Crippen molar-refractivity contribution in [3.63, 3.8) is 0 Å². The van der Waals surface area contributed by atoms with E-state index in [-0.39, 0.29) is 0 Å². The predicted molar refractivity (Wildman–Crippen MR) is 81.9 cm³/mol. The van der Waals surface area contributed by atoms with E-state index in [0.29, 0.717) is 11.9 Å². The van der Waals surface area contributed by atoms with Gasteiger partial charge in [0.2, 0.25) is 0 Å². The fraction of sp³-hybridized carbons (Fsp3) is 0.533. The molecule has 0 spiro atoms. The van der Waals surface area contributed by atoms with Gasteiger partial charge in [-0.2, -0.15) is 0 Å². The van der Waals surface area contributed by atoms with E-state index in [9.17, 15) is 0 Å². The predicted octanol–water partition coefficient (Wildman–Crippen LogP) is 3.42. The molecule has 110 valence electrons. The Labute approximate surface area is 124 Å². The fourth-order valence-corrected chi connectivity index (χ4v) is 2.59. The number of benzene rings is 1. The summed E-state index contributed by atoms with van der Waals surface area (Å²) in [6, 6.07) is 6.31. The molecule has 1 aromatic carbocycles. The third-order valence-corrected chi connectivity index (χ3v) is 3.66. The molecule has 0 aliphatic rings. The van der Waals surface area contributed by atoms with Crippen LogP contribution >= 0.6 is 11.6 Å². The molecule has 1 heterocycles. The number of aromatic nitrogens is 2. The molecule has 0 radical (unpaired) electrons. The van der Waals surface area contributed by atoms with Crippen molar-refractivity contribution >= 4 is 22.6 Å². The highest BCUT2D eigenvalue weighted by atomic mass is 35.5. The Morgan fingerprint density at radius 3 is 2.80 bits per heavy atom. The van der Waals surface area contributed by atoms with Gasteiger partial charge in [0, 0.05) is 38.1 Å². The van der Waals surface area contributed by atoms with Crippen molar-refractivity contribution in [3.05, 3.63) is 24.0 Å². The van der Waals surface area contributed by atoms with Crippen LogP contribution in [0.4, 0.5) is 0 Å². The average molecular weight is 297 g/mol. The molecule has 1 unspecified atom stereocenters. The number of aryl methyl sites for hydroxylation is 1. The second-order valence-corrected chi connectivity index (χ2v) is 5.20. The molecule has 0 aliphatic heterocycles. The second kappa shape index (κ2) is 6.95. The highest BCUT2D eigenvalue weighted by Crippen LogP contribution is 2.26. The Bertz CT molecular complexity index is 568. The minimum atomic E-state index is 0.326. The Morgan fingerprint density at radius 2 is 2.15 bits per heavy atom. The number of imidazole rings is 1. The molecule has 0 amide bonds. The van der Waals surface area contributed by atoms with Gasteiger partial charge in [0.1, 0.15) is 11.6 Å². The summed E-state index contributed by atoms with van der Waals surface area (Å²) >= 11 is 5.90. The van der Waals surface area contributed by atoms with Crippen LogP contribution in [0.25, 0.3) is 11.0 Å². The van der Waals surface area contributed by atoms with E-state index in [2.05, 4.69) is 17.6 Å². The third-order valence-electron chi connectivity index (χ3n) is 3.47. The smallest absolute Gasteiger partial charge is 0.121 e. The van der Waals surface area contributed by atoms with Crippen LogP contribution in [-0.4, -0.2) is 36.3 Å². The van der Waals surface area contributed by atoms with E-state index in [1.165, 1.54) is 0 Å². The molecule has 1 atom stereocenters. The standard InChI is InChI=1S/C15H21ClN2O2/c1-11(7-9-19-2)18-14-5-4-12(20-3)10-13(14)17-15(18)6-8-16/h4-5,10-11H,6-9H2,1-3H3. The lowest BCUT2D eigenvalue weighted by molar-refractivity contribution is 0.181. The van der Waals surface area contributed by atoms with Gasteiger partial charge in [0.15, 0.2) is 0 Å². The van der Waals surface area contributed by atoms with Crippen LogP contribution in [-0.2, 0) is 11.2 Å². The summed E-state index contributed by atoms with van der Waals surface area (Å²) in [5, 5.41) is 0. The number of hydrogen-bond acceptors (Lipinski definition) is 3. The van der Waals surface area contributed by atoms with Crippen LogP contribution in [0.5, 0.6) is 5.75 Å². The Morgan fingerprint density at radius 1 is 1.35 bits per heavy atom. The summed E-state index contributed by atoms with van der Waals surface area (Å²) in [6.07, 6.45) is 1.71. The zero-order valence-corrected chi connectivity index (χ0v) is 13.0. The SMILES string of the molecule is COCCC(C)n1c(CCCl)nc2cc(OC)ccc21. The zero-order chi connectivity index (χ0) is 14.5. The monoisotopic (exact) mass is 296 g/mol. The third kappa shape index (κ3) is 3.07. The quantitative estimate of drug-likeness (QED) is 0.735. The maximum atomic E-state index is 5.90. The van der Waals surface area contributed by atoms with Crippen LogP contribution in [0.3, 0.4) is 0 Å². The van der Waals surface area contributed by atoms with Gasteiger partial charge in [0.05, 0.1) is 18.1 Å². The first kappa shape index (κ1) is 15.1. The van der Waals surface area contributed by atoms with Crippen LogP contribution in [0, 0.1) is 0 Å². The van der Waals surface area contributed by atoms with Gasteiger partial charge in [0.25, 0.3) is 0 Å². The molecule has 0 aliphatic carbocycles. The summed E-state index contributed by atoms with van der Waals surface area (Å²) in [5.41, 5.74) is 2.07. The van der Waals surface area contributed by atoms with E-state index in [1.807, 2.05) is 12.1 Å². The van der Waals surface area contributed by atoms with Gasteiger partial charge in [-0.3, -0.25) is 0 Å². The lowest BCUT2D eigenvalue weighted by Gasteiger charge is -2.17. The summed E-state index contributed by atoms with van der Waals surface area (Å²) in [4.78, 5) is 4.70. The summed E-state index contributed by atoms with van der Waals surface area (Å²) < 4.78 is 12.7. The highest BCUT2D eigenvalue weighted by Gasteiger charge is 2.16. The zero-order valence-electron chi connectivity index (χ0n) is 12.2. The number of hydrogen-bond donors (Lipinski definition) is 0. The maximum absolute atomic E-state index is 5.90. The highest BCUT2D eigenvalue weighted by molar-refractivity contribution is 6.17. The minimum absolute atomic E-state index is 0.326. The molecule has 5 heteroatoms. The number of ether oxygens (including phenoxy) is 2. The molecule has 2 rings (SSSR count). The van der Waals surface area contributed by atoms with Gasteiger partial charge in [-0.15, -0.1) is 11.6 Å². The Kier molecular flexibility index (Phi) is 5.26. The van der Waals surface area contributed by atoms with Crippen molar-refractivity contribution in [1.29, 1.82) is 0 Å². The normalized spacial score (nSPS) is 12.8. The van der Waals surface area contributed by atoms with E-state index in [0.717, 1.165) is 42.1 Å². The molecule has 0 fully saturated rings. The van der Waals surface area contributed by atoms with Crippen molar-refractivity contribution in [2.75, 3.05) is 26.7 Å². The van der Waals surface area contributed by atoms with Gasteiger partial charge in [-0.25, -0.2) is 4.98 Å². The van der Waals surface area contributed by atoms with Crippen LogP contribution in [0.2, 0.25) is 0 Å². The second-order valence-electron chi connectivity index (χ2n) is 4.82. The van der Waals surface area contributed by atoms with E-state index >= 15 is 0 Å². The summed E-state index contributed by atoms with van der Waals surface area (Å²) in [6.45, 7) is 2.92. The molecule has 0 bridgehead atoms. The molecule has 20 heavy (non-hydrogen) atoms. The van der Waals surface area contributed by atoms with Gasteiger partial charge >= 0.3 is 0 Å². The van der Waals surface area contributed by atoms with Crippen molar-refractivity contribution < 1.29 is 9.47 Å². The largest absolute Gasteiger partial charge is 0.497 e. The molecular weight excluding hydrogens is 276 g/mol. The fourth-order valence-electron chi connectivity index (χ4n) is 2.43. The summed E-state index contributed by atoms with van der Waals surface area (Å²) in [7, 11) is 3.39. The topological polar surface area (TPSA) is 36.3 Å². The number of halogens is 1. The summed E-state index contributed by atoms with van der Waals surface area (Å²) in [5.74, 6) is 2.41. The molecule has 1 aromatic heterocycles. The van der Waals surface area contributed by atoms with Crippen molar-refractivity contribution in [2.24, 2.45) is 0 Å². The first-order valence-electron chi connectivity index (χ1n) is 6.81. The molecule has 2 aromatic rings. The molecule has 4 nitrogen and oxygen atoms in total. The number of methoxy groups -OCH3 is 2. The number of alkyl halides is 1. The van der Waals surface area contributed by atoms with Crippen molar-refractivity contribution in [1.82, 2.24) is 9.55 Å². The van der Waals surface area contributed by atoms with Gasteiger partial charge < -0.3 is 14.0 Å². The van der Waals surface area contributed by atoms with Crippen LogP contribution in [0.15, 0.2) is 18.2 Å². The first-order chi connectivity index (χ1) is 9.71. The lowest BCUT2D eigenvalue weighted by Crippen LogP contribution is -2.12. The van der Waals surface area contributed by atoms with E-state index in [1.54, 1.807) is 14.2 Å². The first-order valence-corrected chi connectivity index (χ1v) is 7.34. The molecule has 0 saturated heterocycles. The number of fused-ring (bicyclic) bond motifs is 1. The maximum Gasteiger partial charge on any atom is 0.121 e. The minimum Gasteiger partial charge on any atom is -0.497 e. The Hall–Kier alpha value is -1.26. The molecule has 0 N–H and O–H groups in total. The van der Waals surface area contributed by atoms with E-state index in [4.69, 9.17) is 26.1 Å². The van der Waals surface area contributed by atoms with Crippen LogP contribution < -0.4 is 4.74 Å². The average Bonchev–Trinajstić information content (AvgIpc) is 2.82. The van der Waals surface area contributed by atoms with Gasteiger partial charge in [-0.05, 0) is 25.5 Å². The van der Waals surface area contributed by atoms with Crippen LogP contribution in [0.1, 0.15) is 25.2 Å². The Balaban J connectivity index is 2.45. The van der Waals surface area contributed by atoms with Crippen molar-refractivity contribution in [2.45, 2.75) is 25.8 Å². The molecular formula is C15H21ClN2O2. The van der Waals surface area contributed by atoms with Gasteiger partial charge in [-0.1, -0.05) is 0 Å². The van der Waals surface area contributed by atoms with E-state index < -0.39 is 0 Å². The lowest BCUT2D eigenvalue weighted by atomic mass is 10.2. The number of nitrogens with zero attached hydrogens (tertiary/aromatic N) is 2.